The monoisotopic (exact) mass is 278 g/mol. The molecule has 0 aliphatic heterocycles. The molecule has 0 amide bonds. The van der Waals surface area contributed by atoms with Crippen molar-refractivity contribution in [2.24, 2.45) is 28.6 Å². The Morgan fingerprint density at radius 2 is 1.85 bits per heavy atom. The van der Waals surface area contributed by atoms with Crippen molar-refractivity contribution < 1.29 is 0 Å². The Morgan fingerprint density at radius 3 is 2.50 bits per heavy atom. The Bertz CT molecular complexity index is 307. The second-order valence-corrected chi connectivity index (χ2v) is 8.73. The van der Waals surface area contributed by atoms with E-state index in [1.54, 1.807) is 0 Å². The van der Waals surface area contributed by atoms with Crippen LogP contribution in [-0.2, 0) is 0 Å². The van der Waals surface area contributed by atoms with Gasteiger partial charge in [-0.1, -0.05) is 73.1 Å². The Labute approximate surface area is 128 Å². The molecule has 2 rings (SSSR count). The third-order valence-electron chi connectivity index (χ3n) is 7.24. The van der Waals surface area contributed by atoms with Crippen molar-refractivity contribution in [2.45, 2.75) is 98.8 Å². The molecule has 0 nitrogen and oxygen atoms in total. The van der Waals surface area contributed by atoms with Gasteiger partial charge in [-0.2, -0.15) is 0 Å². The van der Waals surface area contributed by atoms with Gasteiger partial charge in [0, 0.05) is 0 Å². The van der Waals surface area contributed by atoms with E-state index in [1.807, 2.05) is 0 Å². The summed E-state index contributed by atoms with van der Waals surface area (Å²) < 4.78 is 0. The number of fused-ring (bicyclic) bond motifs is 1. The molecule has 0 aromatic carbocycles. The molecular weight excluding hydrogens is 240 g/mol. The van der Waals surface area contributed by atoms with Crippen molar-refractivity contribution in [3.8, 4) is 0 Å². The van der Waals surface area contributed by atoms with Gasteiger partial charge in [0.05, 0.1) is 0 Å². The molecular formula is C20H38. The topological polar surface area (TPSA) is 0 Å². The van der Waals surface area contributed by atoms with Gasteiger partial charge in [0.2, 0.25) is 0 Å². The van der Waals surface area contributed by atoms with Crippen LogP contribution in [0.5, 0.6) is 0 Å². The van der Waals surface area contributed by atoms with Gasteiger partial charge < -0.3 is 0 Å². The molecule has 0 aromatic rings. The fraction of sp³-hybridized carbons (Fsp3) is 1.00. The average Bonchev–Trinajstić information content (AvgIpc) is 2.98. The predicted molar refractivity (Wildman–Crippen MR) is 89.9 cm³/mol. The average molecular weight is 279 g/mol. The van der Waals surface area contributed by atoms with E-state index in [9.17, 15) is 0 Å². The second-order valence-electron chi connectivity index (χ2n) is 8.73. The zero-order valence-corrected chi connectivity index (χ0v) is 14.8. The van der Waals surface area contributed by atoms with Gasteiger partial charge >= 0.3 is 0 Å². The number of rotatable bonds is 8. The van der Waals surface area contributed by atoms with Crippen molar-refractivity contribution in [2.75, 3.05) is 0 Å². The van der Waals surface area contributed by atoms with Crippen molar-refractivity contribution in [3.05, 3.63) is 0 Å². The normalized spacial score (nSPS) is 39.1. The minimum Gasteiger partial charge on any atom is -0.0654 e. The quantitative estimate of drug-likeness (QED) is 0.456. The molecule has 0 heterocycles. The van der Waals surface area contributed by atoms with E-state index in [0.29, 0.717) is 5.41 Å². The summed E-state index contributed by atoms with van der Waals surface area (Å²) in [6, 6.07) is 0. The van der Waals surface area contributed by atoms with E-state index >= 15 is 0 Å². The van der Waals surface area contributed by atoms with Crippen LogP contribution < -0.4 is 0 Å². The Kier molecular flexibility index (Phi) is 5.24. The van der Waals surface area contributed by atoms with Crippen LogP contribution in [0.4, 0.5) is 0 Å². The first kappa shape index (κ1) is 16.4. The van der Waals surface area contributed by atoms with E-state index < -0.39 is 0 Å². The summed E-state index contributed by atoms with van der Waals surface area (Å²) in [5.74, 6) is 2.98. The van der Waals surface area contributed by atoms with Crippen LogP contribution in [-0.4, -0.2) is 0 Å². The Hall–Kier alpha value is 0. The highest BCUT2D eigenvalue weighted by Crippen LogP contribution is 2.73. The number of hydrogen-bond acceptors (Lipinski definition) is 0. The van der Waals surface area contributed by atoms with Crippen molar-refractivity contribution in [1.29, 1.82) is 0 Å². The van der Waals surface area contributed by atoms with E-state index in [4.69, 9.17) is 0 Å². The molecule has 0 saturated heterocycles. The lowest BCUT2D eigenvalue weighted by Gasteiger charge is -2.36. The first-order valence-corrected chi connectivity index (χ1v) is 9.45. The highest BCUT2D eigenvalue weighted by Gasteiger charge is 2.65. The molecule has 0 heteroatoms. The fourth-order valence-corrected chi connectivity index (χ4v) is 5.26. The summed E-state index contributed by atoms with van der Waals surface area (Å²) in [5.41, 5.74) is 1.44. The van der Waals surface area contributed by atoms with Gasteiger partial charge in [-0.3, -0.25) is 0 Å². The van der Waals surface area contributed by atoms with E-state index in [0.717, 1.165) is 23.2 Å². The lowest BCUT2D eigenvalue weighted by molar-refractivity contribution is 0.144. The molecule has 2 saturated carbocycles. The molecule has 2 aliphatic carbocycles. The van der Waals surface area contributed by atoms with Crippen molar-refractivity contribution in [3.63, 3.8) is 0 Å². The minimum absolute atomic E-state index is 0.716. The number of hydrogen-bond donors (Lipinski definition) is 0. The Morgan fingerprint density at radius 1 is 1.10 bits per heavy atom. The summed E-state index contributed by atoms with van der Waals surface area (Å²) in [6.07, 6.45) is 14.7. The smallest absolute Gasteiger partial charge is 0.0238 e. The highest BCUT2D eigenvalue weighted by atomic mass is 14.7. The zero-order valence-electron chi connectivity index (χ0n) is 14.8. The second kappa shape index (κ2) is 6.41. The van der Waals surface area contributed by atoms with Gasteiger partial charge in [0.1, 0.15) is 0 Å². The van der Waals surface area contributed by atoms with Crippen molar-refractivity contribution >= 4 is 0 Å². The maximum absolute atomic E-state index is 2.60. The maximum Gasteiger partial charge on any atom is -0.0238 e. The third kappa shape index (κ3) is 3.25. The molecule has 0 radical (unpaired) electrons. The van der Waals surface area contributed by atoms with Crippen LogP contribution in [0, 0.1) is 28.6 Å². The van der Waals surface area contributed by atoms with E-state index in [2.05, 4.69) is 34.6 Å². The van der Waals surface area contributed by atoms with Crippen LogP contribution in [0.25, 0.3) is 0 Å². The highest BCUT2D eigenvalue weighted by molar-refractivity contribution is 5.14. The van der Waals surface area contributed by atoms with Gasteiger partial charge in [-0.15, -0.1) is 0 Å². The molecule has 0 aromatic heterocycles. The SMILES string of the molecule is CCCC(C)CCC(CC)CC1CCCC2(C)CC12C. The Balaban J connectivity index is 1.81. The fourth-order valence-electron chi connectivity index (χ4n) is 5.26. The summed E-state index contributed by atoms with van der Waals surface area (Å²) in [4.78, 5) is 0. The van der Waals surface area contributed by atoms with Crippen molar-refractivity contribution in [1.82, 2.24) is 0 Å². The van der Waals surface area contributed by atoms with Crippen LogP contribution >= 0.6 is 0 Å². The third-order valence-corrected chi connectivity index (χ3v) is 7.24. The molecule has 20 heavy (non-hydrogen) atoms. The minimum atomic E-state index is 0.716. The van der Waals surface area contributed by atoms with Crippen LogP contribution in [0.15, 0.2) is 0 Å². The predicted octanol–water partition coefficient (Wildman–Crippen LogP) is 6.84. The van der Waals surface area contributed by atoms with Gasteiger partial charge in [0.15, 0.2) is 0 Å². The lowest BCUT2D eigenvalue weighted by Crippen LogP contribution is -2.26. The molecule has 2 aliphatic rings. The largest absolute Gasteiger partial charge is 0.0654 e. The van der Waals surface area contributed by atoms with Crippen LogP contribution in [0.3, 0.4) is 0 Å². The molecule has 118 valence electrons. The molecule has 0 N–H and O–H groups in total. The molecule has 5 atom stereocenters. The molecule has 0 spiro atoms. The van der Waals surface area contributed by atoms with Gasteiger partial charge in [-0.25, -0.2) is 0 Å². The standard InChI is InChI=1S/C20H38/c1-6-9-16(3)11-12-17(7-2)14-18-10-8-13-19(4)15-20(18,19)5/h16-18H,6-15H2,1-5H3. The lowest BCUT2D eigenvalue weighted by atomic mass is 9.69. The summed E-state index contributed by atoms with van der Waals surface area (Å²) in [5, 5.41) is 0. The first-order chi connectivity index (χ1) is 9.45. The maximum atomic E-state index is 2.60. The molecule has 2 fully saturated rings. The first-order valence-electron chi connectivity index (χ1n) is 9.45. The van der Waals surface area contributed by atoms with Gasteiger partial charge in [-0.05, 0) is 54.3 Å². The van der Waals surface area contributed by atoms with E-state index in [1.165, 1.54) is 64.2 Å². The zero-order chi connectivity index (χ0) is 14.8. The van der Waals surface area contributed by atoms with Crippen LogP contribution in [0.1, 0.15) is 98.8 Å². The summed E-state index contributed by atoms with van der Waals surface area (Å²) in [7, 11) is 0. The molecule has 0 bridgehead atoms. The molecule has 5 unspecified atom stereocenters. The summed E-state index contributed by atoms with van der Waals surface area (Å²) in [6.45, 7) is 12.4. The van der Waals surface area contributed by atoms with Crippen LogP contribution in [0.2, 0.25) is 0 Å². The van der Waals surface area contributed by atoms with Gasteiger partial charge in [0.25, 0.3) is 0 Å². The van der Waals surface area contributed by atoms with E-state index in [-0.39, 0.29) is 0 Å². The summed E-state index contributed by atoms with van der Waals surface area (Å²) >= 11 is 0.